The van der Waals surface area contributed by atoms with Crippen LogP contribution in [0.4, 0.5) is 5.82 Å². The SMILES string of the molecule is COCCNC(=O)C(C)Nc1nncc2ccccc12. The smallest absolute Gasteiger partial charge is 0.242 e. The molecule has 1 atom stereocenters. The summed E-state index contributed by atoms with van der Waals surface area (Å²) in [6.07, 6.45) is 1.70. The molecule has 0 bridgehead atoms. The third-order valence-corrected chi connectivity index (χ3v) is 2.92. The first-order chi connectivity index (χ1) is 9.72. The number of hydrogen-bond donors (Lipinski definition) is 2. The zero-order chi connectivity index (χ0) is 14.4. The molecule has 106 valence electrons. The number of amides is 1. The van der Waals surface area contributed by atoms with Gasteiger partial charge in [-0.25, -0.2) is 0 Å². The predicted octanol–water partition coefficient (Wildman–Crippen LogP) is 1.19. The quantitative estimate of drug-likeness (QED) is 0.774. The Morgan fingerprint density at radius 3 is 3.00 bits per heavy atom. The zero-order valence-electron chi connectivity index (χ0n) is 11.6. The number of aromatic nitrogens is 2. The Balaban J connectivity index is 2.06. The molecule has 6 heteroatoms. The number of methoxy groups -OCH3 is 1. The van der Waals surface area contributed by atoms with Crippen molar-refractivity contribution in [2.24, 2.45) is 0 Å². The third-order valence-electron chi connectivity index (χ3n) is 2.92. The lowest BCUT2D eigenvalue weighted by atomic mass is 10.2. The lowest BCUT2D eigenvalue weighted by Gasteiger charge is -2.15. The van der Waals surface area contributed by atoms with Crippen LogP contribution >= 0.6 is 0 Å². The second-order valence-electron chi connectivity index (χ2n) is 4.43. The molecule has 6 nitrogen and oxygen atoms in total. The summed E-state index contributed by atoms with van der Waals surface area (Å²) in [7, 11) is 1.60. The summed E-state index contributed by atoms with van der Waals surface area (Å²) in [5.74, 6) is 0.509. The van der Waals surface area contributed by atoms with Gasteiger partial charge in [-0.3, -0.25) is 4.79 Å². The highest BCUT2D eigenvalue weighted by Gasteiger charge is 2.14. The number of fused-ring (bicyclic) bond motifs is 1. The Morgan fingerprint density at radius 2 is 2.20 bits per heavy atom. The summed E-state index contributed by atoms with van der Waals surface area (Å²) in [6.45, 7) is 2.76. The summed E-state index contributed by atoms with van der Waals surface area (Å²) in [5.41, 5.74) is 0. The van der Waals surface area contributed by atoms with E-state index in [2.05, 4.69) is 20.8 Å². The Bertz CT molecular complexity index is 583. The Labute approximate surface area is 117 Å². The van der Waals surface area contributed by atoms with Crippen molar-refractivity contribution in [2.75, 3.05) is 25.6 Å². The van der Waals surface area contributed by atoms with Crippen molar-refractivity contribution >= 4 is 22.5 Å². The van der Waals surface area contributed by atoms with Crippen LogP contribution in [0.15, 0.2) is 30.5 Å². The lowest BCUT2D eigenvalue weighted by Crippen LogP contribution is -2.39. The van der Waals surface area contributed by atoms with Crippen molar-refractivity contribution in [2.45, 2.75) is 13.0 Å². The molecule has 0 saturated heterocycles. The van der Waals surface area contributed by atoms with Gasteiger partial charge in [-0.1, -0.05) is 24.3 Å². The monoisotopic (exact) mass is 274 g/mol. The van der Waals surface area contributed by atoms with Crippen LogP contribution in [0.1, 0.15) is 6.92 Å². The van der Waals surface area contributed by atoms with Gasteiger partial charge < -0.3 is 15.4 Å². The first kappa shape index (κ1) is 14.2. The van der Waals surface area contributed by atoms with Crippen LogP contribution in [0.5, 0.6) is 0 Å². The standard InChI is InChI=1S/C14H18N4O2/c1-10(14(19)15-7-8-20-2)17-13-12-6-4-3-5-11(12)9-16-18-13/h3-6,9-10H,7-8H2,1-2H3,(H,15,19)(H,17,18). The Kier molecular flexibility index (Phi) is 4.84. The Hall–Kier alpha value is -2.21. The number of carbonyl (C=O) groups is 1. The maximum atomic E-state index is 11.9. The van der Waals surface area contributed by atoms with Crippen molar-refractivity contribution in [3.63, 3.8) is 0 Å². The number of nitrogens with zero attached hydrogens (tertiary/aromatic N) is 2. The first-order valence-electron chi connectivity index (χ1n) is 6.46. The van der Waals surface area contributed by atoms with Gasteiger partial charge in [-0.05, 0) is 6.92 Å². The summed E-state index contributed by atoms with van der Waals surface area (Å²) in [4.78, 5) is 11.9. The van der Waals surface area contributed by atoms with Crippen LogP contribution in [-0.2, 0) is 9.53 Å². The molecular formula is C14H18N4O2. The number of rotatable bonds is 6. The van der Waals surface area contributed by atoms with Crippen LogP contribution in [-0.4, -0.2) is 42.4 Å². The number of hydrogen-bond acceptors (Lipinski definition) is 5. The summed E-state index contributed by atoms with van der Waals surface area (Å²) in [5, 5.41) is 15.8. The van der Waals surface area contributed by atoms with Crippen molar-refractivity contribution in [1.82, 2.24) is 15.5 Å². The highest BCUT2D eigenvalue weighted by atomic mass is 16.5. The third kappa shape index (κ3) is 3.42. The molecule has 20 heavy (non-hydrogen) atoms. The first-order valence-corrected chi connectivity index (χ1v) is 6.46. The number of carbonyl (C=O) groups excluding carboxylic acids is 1. The van der Waals surface area contributed by atoms with Gasteiger partial charge in [-0.2, -0.15) is 5.10 Å². The van der Waals surface area contributed by atoms with Gasteiger partial charge in [0.2, 0.25) is 5.91 Å². The fourth-order valence-electron chi connectivity index (χ4n) is 1.83. The largest absolute Gasteiger partial charge is 0.383 e. The zero-order valence-corrected chi connectivity index (χ0v) is 11.6. The van der Waals surface area contributed by atoms with E-state index >= 15 is 0 Å². The molecular weight excluding hydrogens is 256 g/mol. The minimum absolute atomic E-state index is 0.100. The van der Waals surface area contributed by atoms with E-state index in [9.17, 15) is 4.79 Å². The molecule has 1 aromatic carbocycles. The Morgan fingerprint density at radius 1 is 1.40 bits per heavy atom. The van der Waals surface area contributed by atoms with E-state index in [4.69, 9.17) is 4.74 Å². The maximum Gasteiger partial charge on any atom is 0.242 e. The minimum Gasteiger partial charge on any atom is -0.383 e. The van der Waals surface area contributed by atoms with Gasteiger partial charge in [0.25, 0.3) is 0 Å². The normalized spacial score (nSPS) is 12.1. The fraction of sp³-hybridized carbons (Fsp3) is 0.357. The molecule has 2 rings (SSSR count). The van der Waals surface area contributed by atoms with E-state index in [0.29, 0.717) is 19.0 Å². The van der Waals surface area contributed by atoms with Crippen molar-refractivity contribution in [3.8, 4) is 0 Å². The molecule has 2 aromatic rings. The molecule has 0 saturated carbocycles. The number of nitrogens with one attached hydrogen (secondary N) is 2. The van der Waals surface area contributed by atoms with Crippen LogP contribution in [0.25, 0.3) is 10.8 Å². The van der Waals surface area contributed by atoms with Crippen molar-refractivity contribution in [1.29, 1.82) is 0 Å². The van der Waals surface area contributed by atoms with Gasteiger partial charge in [0, 0.05) is 24.4 Å². The van der Waals surface area contributed by atoms with E-state index in [-0.39, 0.29) is 5.91 Å². The molecule has 0 spiro atoms. The second kappa shape index (κ2) is 6.81. The molecule has 0 aliphatic carbocycles. The highest BCUT2D eigenvalue weighted by molar-refractivity contribution is 5.93. The van der Waals surface area contributed by atoms with Crippen molar-refractivity contribution < 1.29 is 9.53 Å². The molecule has 0 radical (unpaired) electrons. The molecule has 0 aliphatic rings. The van der Waals surface area contributed by atoms with Crippen LogP contribution in [0.2, 0.25) is 0 Å². The number of anilines is 1. The van der Waals surface area contributed by atoms with E-state index in [1.165, 1.54) is 0 Å². The lowest BCUT2D eigenvalue weighted by molar-refractivity contribution is -0.121. The van der Waals surface area contributed by atoms with Crippen molar-refractivity contribution in [3.05, 3.63) is 30.5 Å². The van der Waals surface area contributed by atoms with Gasteiger partial charge in [0.05, 0.1) is 12.8 Å². The van der Waals surface area contributed by atoms with Gasteiger partial charge >= 0.3 is 0 Å². The summed E-state index contributed by atoms with van der Waals surface area (Å²) in [6, 6.07) is 7.38. The maximum absolute atomic E-state index is 11.9. The average Bonchev–Trinajstić information content (AvgIpc) is 2.47. The fourth-order valence-corrected chi connectivity index (χ4v) is 1.83. The highest BCUT2D eigenvalue weighted by Crippen LogP contribution is 2.19. The van der Waals surface area contributed by atoms with E-state index in [1.807, 2.05) is 24.3 Å². The molecule has 1 unspecified atom stereocenters. The molecule has 0 fully saturated rings. The van der Waals surface area contributed by atoms with Crippen LogP contribution in [0, 0.1) is 0 Å². The van der Waals surface area contributed by atoms with Gasteiger partial charge in [-0.15, -0.1) is 5.10 Å². The summed E-state index contributed by atoms with van der Waals surface area (Å²) >= 11 is 0. The number of benzene rings is 1. The van der Waals surface area contributed by atoms with Gasteiger partial charge in [0.1, 0.15) is 6.04 Å². The molecule has 1 aromatic heterocycles. The topological polar surface area (TPSA) is 76.1 Å². The molecule has 0 aliphatic heterocycles. The molecule has 1 heterocycles. The minimum atomic E-state index is -0.396. The van der Waals surface area contributed by atoms with E-state index < -0.39 is 6.04 Å². The second-order valence-corrected chi connectivity index (χ2v) is 4.43. The van der Waals surface area contributed by atoms with E-state index in [1.54, 1.807) is 20.2 Å². The summed E-state index contributed by atoms with van der Waals surface area (Å²) < 4.78 is 4.89. The number of ether oxygens (including phenoxy) is 1. The average molecular weight is 274 g/mol. The molecule has 2 N–H and O–H groups in total. The molecule has 1 amide bonds. The predicted molar refractivity (Wildman–Crippen MR) is 77.5 cm³/mol. The van der Waals surface area contributed by atoms with Crippen LogP contribution in [0.3, 0.4) is 0 Å². The van der Waals surface area contributed by atoms with E-state index in [0.717, 1.165) is 10.8 Å². The van der Waals surface area contributed by atoms with Gasteiger partial charge in [0.15, 0.2) is 5.82 Å². The van der Waals surface area contributed by atoms with Crippen LogP contribution < -0.4 is 10.6 Å².